The number of hydrogen-bond donors (Lipinski definition) is 0. The van der Waals surface area contributed by atoms with Crippen LogP contribution >= 0.6 is 15.9 Å². The van der Waals surface area contributed by atoms with E-state index in [2.05, 4.69) is 54.8 Å². The first-order valence-electron chi connectivity index (χ1n) is 13.8. The molecule has 1 aliphatic rings. The van der Waals surface area contributed by atoms with Crippen LogP contribution in [0, 0.1) is 11.2 Å². The molecule has 2 atom stereocenters. The van der Waals surface area contributed by atoms with Crippen molar-refractivity contribution in [2.45, 2.75) is 84.5 Å². The molecule has 2 heterocycles. The smallest absolute Gasteiger partial charge is 0.410 e. The lowest BCUT2D eigenvalue weighted by molar-refractivity contribution is -0.122. The molecule has 3 aromatic rings. The number of nitrogens with zero attached hydrogens (tertiary/aromatic N) is 3. The van der Waals surface area contributed by atoms with Gasteiger partial charge in [0.15, 0.2) is 19.9 Å². The molecule has 0 N–H and O–H groups in total. The van der Waals surface area contributed by atoms with Gasteiger partial charge in [0, 0.05) is 13.0 Å². The Morgan fingerprint density at radius 2 is 1.88 bits per heavy atom. The zero-order valence-corrected chi connectivity index (χ0v) is 26.5. The number of rotatable bonds is 9. The maximum absolute atomic E-state index is 14.5. The van der Waals surface area contributed by atoms with Gasteiger partial charge in [0.1, 0.15) is 12.1 Å². The minimum absolute atomic E-state index is 0.0243. The van der Waals surface area contributed by atoms with Gasteiger partial charge < -0.3 is 18.6 Å². The van der Waals surface area contributed by atoms with E-state index in [0.29, 0.717) is 16.5 Å². The van der Waals surface area contributed by atoms with E-state index in [1.807, 2.05) is 30.3 Å². The Morgan fingerprint density at radius 1 is 1.15 bits per heavy atom. The number of halogens is 2. The van der Waals surface area contributed by atoms with Crippen LogP contribution in [0.25, 0.3) is 11.0 Å². The highest BCUT2D eigenvalue weighted by Gasteiger charge is 2.41. The molecule has 40 heavy (non-hydrogen) atoms. The average Bonchev–Trinajstić information content (AvgIpc) is 3.27. The maximum atomic E-state index is 14.5. The standard InChI is InChI=1S/C30H39BrFN3O4Si/c1-30(2,3)19-40(4,5)39-26-12-9-15-35(29(37)38-18-21-10-7-6-8-11-21)25(26)16-22(36)17-34-20-33-28-24(34)14-13-23(31)27(28)32/h6-8,10-11,13-14,20,25-26H,9,12,15-19H2,1-5H3/t25-,26+/m1/s1. The molecule has 0 radical (unpaired) electrons. The monoisotopic (exact) mass is 631 g/mol. The van der Waals surface area contributed by atoms with Crippen LogP contribution in [0.5, 0.6) is 0 Å². The summed E-state index contributed by atoms with van der Waals surface area (Å²) in [5.41, 5.74) is 1.76. The number of carbonyl (C=O) groups excluding carboxylic acids is 2. The lowest BCUT2D eigenvalue weighted by Crippen LogP contribution is -2.55. The Balaban J connectivity index is 1.54. The number of Topliss-reactive ketones (excluding diaryl/α,β-unsaturated/α-hetero) is 1. The van der Waals surface area contributed by atoms with Crippen LogP contribution < -0.4 is 0 Å². The van der Waals surface area contributed by atoms with E-state index in [1.165, 1.54) is 6.33 Å². The van der Waals surface area contributed by atoms with Gasteiger partial charge in [-0.3, -0.25) is 4.79 Å². The van der Waals surface area contributed by atoms with Gasteiger partial charge in [-0.1, -0.05) is 51.1 Å². The fourth-order valence-corrected chi connectivity index (χ4v) is 9.90. The molecule has 0 bridgehead atoms. The summed E-state index contributed by atoms with van der Waals surface area (Å²) in [4.78, 5) is 32.7. The number of likely N-dealkylation sites (tertiary alicyclic amines) is 1. The number of amides is 1. The van der Waals surface area contributed by atoms with Gasteiger partial charge in [0.05, 0.1) is 35.0 Å². The van der Waals surface area contributed by atoms with E-state index in [-0.39, 0.29) is 42.4 Å². The molecule has 4 rings (SSSR count). The molecule has 1 saturated heterocycles. The van der Waals surface area contributed by atoms with Crippen molar-refractivity contribution in [3.63, 3.8) is 0 Å². The fourth-order valence-electron chi connectivity index (χ4n) is 5.85. The molecule has 0 unspecified atom stereocenters. The van der Waals surface area contributed by atoms with Crippen LogP contribution in [0.15, 0.2) is 53.3 Å². The van der Waals surface area contributed by atoms with Gasteiger partial charge in [-0.05, 0) is 71.0 Å². The van der Waals surface area contributed by atoms with E-state index in [4.69, 9.17) is 9.16 Å². The summed E-state index contributed by atoms with van der Waals surface area (Å²) in [6, 6.07) is 13.4. The van der Waals surface area contributed by atoms with Gasteiger partial charge in [-0.15, -0.1) is 0 Å². The number of imidazole rings is 1. The summed E-state index contributed by atoms with van der Waals surface area (Å²) in [7, 11) is -2.12. The summed E-state index contributed by atoms with van der Waals surface area (Å²) in [6.45, 7) is 11.7. The van der Waals surface area contributed by atoms with E-state index in [9.17, 15) is 14.0 Å². The van der Waals surface area contributed by atoms with Crippen molar-refractivity contribution in [2.24, 2.45) is 5.41 Å². The predicted octanol–water partition coefficient (Wildman–Crippen LogP) is 7.33. The molecular weight excluding hydrogens is 593 g/mol. The predicted molar refractivity (Wildman–Crippen MR) is 160 cm³/mol. The van der Waals surface area contributed by atoms with Crippen molar-refractivity contribution >= 4 is 47.2 Å². The van der Waals surface area contributed by atoms with E-state index < -0.39 is 26.3 Å². The minimum atomic E-state index is -2.12. The third kappa shape index (κ3) is 7.79. The second kappa shape index (κ2) is 12.5. The molecular formula is C30H39BrFN3O4Si. The molecule has 0 aliphatic carbocycles. The van der Waals surface area contributed by atoms with Gasteiger partial charge in [0.2, 0.25) is 0 Å². The SMILES string of the molecule is CC(C)(C)C[Si](C)(C)O[C@H]1CCCN(C(=O)OCc2ccccc2)[C@@H]1CC(=O)Cn1cnc2c(F)c(Br)ccc21. The number of hydrogen-bond acceptors (Lipinski definition) is 5. The van der Waals surface area contributed by atoms with Crippen LogP contribution in [0.2, 0.25) is 19.1 Å². The largest absolute Gasteiger partial charge is 0.445 e. The Hall–Kier alpha value is -2.56. The van der Waals surface area contributed by atoms with Crippen LogP contribution in [0.1, 0.15) is 45.6 Å². The third-order valence-electron chi connectivity index (χ3n) is 7.05. The fraction of sp³-hybridized carbons (Fsp3) is 0.500. The van der Waals surface area contributed by atoms with Crippen molar-refractivity contribution in [2.75, 3.05) is 6.54 Å². The van der Waals surface area contributed by atoms with E-state index in [1.54, 1.807) is 21.6 Å². The van der Waals surface area contributed by atoms with Crippen LogP contribution in [0.4, 0.5) is 9.18 Å². The third-order valence-corrected chi connectivity index (χ3v) is 10.5. The van der Waals surface area contributed by atoms with Crippen molar-refractivity contribution in [3.8, 4) is 0 Å². The van der Waals surface area contributed by atoms with Gasteiger partial charge >= 0.3 is 6.09 Å². The van der Waals surface area contributed by atoms with E-state index in [0.717, 1.165) is 24.4 Å². The number of piperidine rings is 1. The van der Waals surface area contributed by atoms with E-state index >= 15 is 0 Å². The highest BCUT2D eigenvalue weighted by atomic mass is 79.9. The highest BCUT2D eigenvalue weighted by molar-refractivity contribution is 9.10. The molecule has 1 amide bonds. The molecule has 2 aromatic carbocycles. The number of ether oxygens (including phenoxy) is 1. The Labute approximate surface area is 245 Å². The summed E-state index contributed by atoms with van der Waals surface area (Å²) in [5, 5.41) is 0. The molecule has 216 valence electrons. The quantitative estimate of drug-likeness (QED) is 0.231. The first-order chi connectivity index (χ1) is 18.8. The van der Waals surface area contributed by atoms with Crippen LogP contribution in [-0.4, -0.2) is 53.3 Å². The normalized spacial score (nSPS) is 18.2. The number of carbonyl (C=O) groups is 2. The Kier molecular flexibility index (Phi) is 9.52. The topological polar surface area (TPSA) is 73.7 Å². The Morgan fingerprint density at radius 3 is 2.58 bits per heavy atom. The molecule has 0 spiro atoms. The number of ketones is 1. The summed E-state index contributed by atoms with van der Waals surface area (Å²) in [6.07, 6.45) is 2.44. The lowest BCUT2D eigenvalue weighted by atomic mass is 9.95. The van der Waals surface area contributed by atoms with Gasteiger partial charge in [-0.2, -0.15) is 0 Å². The minimum Gasteiger partial charge on any atom is -0.445 e. The van der Waals surface area contributed by atoms with Crippen LogP contribution in [0.3, 0.4) is 0 Å². The molecule has 10 heteroatoms. The second-order valence-corrected chi connectivity index (χ2v) is 17.4. The zero-order valence-electron chi connectivity index (χ0n) is 24.0. The number of fused-ring (bicyclic) bond motifs is 1. The molecule has 1 aromatic heterocycles. The van der Waals surface area contributed by atoms with Crippen molar-refractivity contribution in [1.29, 1.82) is 0 Å². The molecule has 1 fully saturated rings. The zero-order chi connectivity index (χ0) is 29.1. The summed E-state index contributed by atoms with van der Waals surface area (Å²) >= 11 is 3.19. The number of aromatic nitrogens is 2. The van der Waals surface area contributed by atoms with Gasteiger partial charge in [0.25, 0.3) is 0 Å². The van der Waals surface area contributed by atoms with Crippen LogP contribution in [-0.2, 0) is 27.1 Å². The number of benzene rings is 2. The first kappa shape index (κ1) is 30.4. The summed E-state index contributed by atoms with van der Waals surface area (Å²) < 4.78 is 29.0. The average molecular weight is 633 g/mol. The molecule has 1 aliphatic heterocycles. The molecule has 7 nitrogen and oxygen atoms in total. The highest BCUT2D eigenvalue weighted by Crippen LogP contribution is 2.33. The lowest BCUT2D eigenvalue weighted by Gasteiger charge is -2.44. The molecule has 0 saturated carbocycles. The Bertz CT molecular complexity index is 1340. The van der Waals surface area contributed by atoms with Crippen molar-refractivity contribution in [1.82, 2.24) is 14.5 Å². The van der Waals surface area contributed by atoms with Crippen molar-refractivity contribution in [3.05, 3.63) is 64.6 Å². The van der Waals surface area contributed by atoms with Gasteiger partial charge in [-0.25, -0.2) is 14.2 Å². The summed E-state index contributed by atoms with van der Waals surface area (Å²) in [5.74, 6) is -0.540. The maximum Gasteiger partial charge on any atom is 0.410 e. The second-order valence-electron chi connectivity index (χ2n) is 12.4. The first-order valence-corrected chi connectivity index (χ1v) is 17.7. The van der Waals surface area contributed by atoms with Crippen molar-refractivity contribution < 1.29 is 23.1 Å².